The highest BCUT2D eigenvalue weighted by Crippen LogP contribution is 2.27. The van der Waals surface area contributed by atoms with Crippen LogP contribution in [-0.2, 0) is 4.79 Å². The molecule has 126 valence electrons. The molecule has 0 bridgehead atoms. The topological polar surface area (TPSA) is 85.3 Å². The van der Waals surface area contributed by atoms with Gasteiger partial charge in [-0.2, -0.15) is 4.98 Å². The summed E-state index contributed by atoms with van der Waals surface area (Å²) in [4.78, 5) is 22.5. The highest BCUT2D eigenvalue weighted by molar-refractivity contribution is 5.91. The number of rotatable bonds is 4. The summed E-state index contributed by atoms with van der Waals surface area (Å²) in [6.07, 6.45) is 9.13. The van der Waals surface area contributed by atoms with Crippen LogP contribution < -0.4 is 0 Å². The molecular formula is C18H16N4O3. The number of likely N-dealkylation sites (tertiary alicyclic amines) is 1. The zero-order valence-electron chi connectivity index (χ0n) is 13.4. The van der Waals surface area contributed by atoms with Gasteiger partial charge in [-0.1, -0.05) is 11.2 Å². The second-order valence-electron chi connectivity index (χ2n) is 5.82. The van der Waals surface area contributed by atoms with Gasteiger partial charge >= 0.3 is 0 Å². The zero-order chi connectivity index (χ0) is 17.1. The number of nitrogens with zero attached hydrogens (tertiary/aromatic N) is 4. The molecule has 3 aromatic heterocycles. The van der Waals surface area contributed by atoms with Crippen molar-refractivity contribution in [1.29, 1.82) is 0 Å². The first-order chi connectivity index (χ1) is 12.3. The van der Waals surface area contributed by atoms with Crippen molar-refractivity contribution in [3.05, 3.63) is 60.4 Å². The SMILES string of the molecule is O=C(C=Cc1cccnc1)N1CCC(c2noc(-c3ccco3)n2)C1. The molecule has 3 aromatic rings. The van der Waals surface area contributed by atoms with E-state index in [1.54, 1.807) is 47.8 Å². The molecule has 0 saturated carbocycles. The average Bonchev–Trinajstić information content (AvgIpc) is 3.40. The van der Waals surface area contributed by atoms with Crippen LogP contribution in [0.3, 0.4) is 0 Å². The van der Waals surface area contributed by atoms with Gasteiger partial charge < -0.3 is 13.8 Å². The van der Waals surface area contributed by atoms with Crippen molar-refractivity contribution in [2.75, 3.05) is 13.1 Å². The van der Waals surface area contributed by atoms with E-state index in [0.717, 1.165) is 12.0 Å². The standard InChI is InChI=1S/C18H16N4O3/c23-16(6-5-13-3-1-8-19-11-13)22-9-7-14(12-22)17-20-18(25-21-17)15-4-2-10-24-15/h1-6,8,10-11,14H,7,9,12H2. The van der Waals surface area contributed by atoms with E-state index in [1.807, 2.05) is 12.1 Å². The van der Waals surface area contributed by atoms with Crippen LogP contribution in [0.1, 0.15) is 23.7 Å². The van der Waals surface area contributed by atoms with Crippen LogP contribution in [0, 0.1) is 0 Å². The number of carbonyl (C=O) groups is 1. The van der Waals surface area contributed by atoms with E-state index < -0.39 is 0 Å². The van der Waals surface area contributed by atoms with Gasteiger partial charge in [-0.3, -0.25) is 9.78 Å². The Morgan fingerprint density at radius 2 is 2.28 bits per heavy atom. The van der Waals surface area contributed by atoms with Gasteiger partial charge in [0.15, 0.2) is 11.6 Å². The van der Waals surface area contributed by atoms with E-state index in [4.69, 9.17) is 8.94 Å². The summed E-state index contributed by atoms with van der Waals surface area (Å²) >= 11 is 0. The maximum absolute atomic E-state index is 12.3. The summed E-state index contributed by atoms with van der Waals surface area (Å²) < 4.78 is 10.5. The molecule has 7 heteroatoms. The predicted octanol–water partition coefficient (Wildman–Crippen LogP) is 2.75. The van der Waals surface area contributed by atoms with Gasteiger partial charge in [-0.05, 0) is 36.3 Å². The first-order valence-electron chi connectivity index (χ1n) is 8.04. The van der Waals surface area contributed by atoms with E-state index in [1.165, 1.54) is 0 Å². The summed E-state index contributed by atoms with van der Waals surface area (Å²) in [7, 11) is 0. The minimum absolute atomic E-state index is 0.0268. The Labute approximate surface area is 144 Å². The van der Waals surface area contributed by atoms with Crippen molar-refractivity contribution in [3.8, 4) is 11.7 Å². The molecule has 7 nitrogen and oxygen atoms in total. The molecule has 4 rings (SSSR count). The summed E-state index contributed by atoms with van der Waals surface area (Å²) in [6, 6.07) is 7.27. The molecule has 1 saturated heterocycles. The van der Waals surface area contributed by atoms with Crippen LogP contribution in [-0.4, -0.2) is 39.0 Å². The fourth-order valence-corrected chi connectivity index (χ4v) is 2.82. The maximum Gasteiger partial charge on any atom is 0.293 e. The lowest BCUT2D eigenvalue weighted by atomic mass is 10.1. The monoisotopic (exact) mass is 336 g/mol. The number of furan rings is 1. The molecule has 0 N–H and O–H groups in total. The van der Waals surface area contributed by atoms with E-state index in [-0.39, 0.29) is 11.8 Å². The number of carbonyl (C=O) groups excluding carboxylic acids is 1. The van der Waals surface area contributed by atoms with Gasteiger partial charge in [0.1, 0.15) is 0 Å². The first-order valence-corrected chi connectivity index (χ1v) is 8.04. The second-order valence-corrected chi connectivity index (χ2v) is 5.82. The van der Waals surface area contributed by atoms with Crippen LogP contribution in [0.2, 0.25) is 0 Å². The minimum atomic E-state index is -0.0268. The third kappa shape index (κ3) is 3.35. The van der Waals surface area contributed by atoms with Gasteiger partial charge in [0, 0.05) is 37.5 Å². The Morgan fingerprint density at radius 3 is 3.08 bits per heavy atom. The quantitative estimate of drug-likeness (QED) is 0.681. The summed E-state index contributed by atoms with van der Waals surface area (Å²) in [6.45, 7) is 1.25. The second kappa shape index (κ2) is 6.72. The van der Waals surface area contributed by atoms with E-state index in [0.29, 0.717) is 30.6 Å². The summed E-state index contributed by atoms with van der Waals surface area (Å²) in [5.41, 5.74) is 0.896. The number of pyridine rings is 1. The van der Waals surface area contributed by atoms with E-state index in [9.17, 15) is 4.79 Å². The van der Waals surface area contributed by atoms with Gasteiger partial charge in [0.2, 0.25) is 5.91 Å². The van der Waals surface area contributed by atoms with Crippen molar-refractivity contribution in [1.82, 2.24) is 20.0 Å². The molecule has 1 fully saturated rings. The summed E-state index contributed by atoms with van der Waals surface area (Å²) in [5, 5.41) is 4.03. The fourth-order valence-electron chi connectivity index (χ4n) is 2.82. The normalized spacial score (nSPS) is 17.4. The average molecular weight is 336 g/mol. The molecule has 1 aliphatic rings. The molecular weight excluding hydrogens is 320 g/mol. The van der Waals surface area contributed by atoms with Crippen LogP contribution in [0.15, 0.2) is 57.9 Å². The Bertz CT molecular complexity index is 871. The van der Waals surface area contributed by atoms with Gasteiger partial charge in [-0.25, -0.2) is 0 Å². The van der Waals surface area contributed by atoms with Crippen molar-refractivity contribution in [2.45, 2.75) is 12.3 Å². The first kappa shape index (κ1) is 15.3. The van der Waals surface area contributed by atoms with Crippen LogP contribution >= 0.6 is 0 Å². The van der Waals surface area contributed by atoms with Crippen molar-refractivity contribution < 1.29 is 13.7 Å². The van der Waals surface area contributed by atoms with Crippen molar-refractivity contribution in [2.24, 2.45) is 0 Å². The van der Waals surface area contributed by atoms with E-state index in [2.05, 4.69) is 15.1 Å². The summed E-state index contributed by atoms with van der Waals surface area (Å²) in [5.74, 6) is 1.56. The molecule has 1 unspecified atom stereocenters. The molecule has 0 radical (unpaired) electrons. The van der Waals surface area contributed by atoms with Gasteiger partial charge in [0.05, 0.1) is 6.26 Å². The Kier molecular flexibility index (Phi) is 4.12. The number of aromatic nitrogens is 3. The number of hydrogen-bond donors (Lipinski definition) is 0. The van der Waals surface area contributed by atoms with Crippen LogP contribution in [0.25, 0.3) is 17.7 Å². The third-order valence-electron chi connectivity index (χ3n) is 4.14. The highest BCUT2D eigenvalue weighted by Gasteiger charge is 2.30. The molecule has 1 amide bonds. The van der Waals surface area contributed by atoms with Crippen molar-refractivity contribution in [3.63, 3.8) is 0 Å². The zero-order valence-corrected chi connectivity index (χ0v) is 13.4. The van der Waals surface area contributed by atoms with Crippen LogP contribution in [0.5, 0.6) is 0 Å². The lowest BCUT2D eigenvalue weighted by Crippen LogP contribution is -2.26. The Morgan fingerprint density at radius 1 is 1.32 bits per heavy atom. The van der Waals surface area contributed by atoms with Crippen molar-refractivity contribution >= 4 is 12.0 Å². The molecule has 1 atom stereocenters. The lowest BCUT2D eigenvalue weighted by Gasteiger charge is -2.12. The third-order valence-corrected chi connectivity index (χ3v) is 4.14. The van der Waals surface area contributed by atoms with E-state index >= 15 is 0 Å². The number of amides is 1. The highest BCUT2D eigenvalue weighted by atomic mass is 16.5. The number of hydrogen-bond acceptors (Lipinski definition) is 6. The maximum atomic E-state index is 12.3. The molecule has 0 spiro atoms. The largest absolute Gasteiger partial charge is 0.459 e. The Hall–Kier alpha value is -3.22. The van der Waals surface area contributed by atoms with Crippen LogP contribution in [0.4, 0.5) is 0 Å². The molecule has 25 heavy (non-hydrogen) atoms. The molecule has 4 heterocycles. The smallest absolute Gasteiger partial charge is 0.293 e. The molecule has 1 aliphatic heterocycles. The lowest BCUT2D eigenvalue weighted by molar-refractivity contribution is -0.124. The van der Waals surface area contributed by atoms with Gasteiger partial charge in [-0.15, -0.1) is 0 Å². The fraction of sp³-hybridized carbons (Fsp3) is 0.222. The minimum Gasteiger partial charge on any atom is -0.459 e. The molecule has 0 aromatic carbocycles. The Balaban J connectivity index is 1.40. The van der Waals surface area contributed by atoms with Gasteiger partial charge in [0.25, 0.3) is 5.89 Å². The molecule has 0 aliphatic carbocycles. The predicted molar refractivity (Wildman–Crippen MR) is 89.2 cm³/mol.